The number of hydrogen-bond donors (Lipinski definition) is 1. The highest BCUT2D eigenvalue weighted by Gasteiger charge is 2.15. The molecule has 0 aliphatic rings. The van der Waals surface area contributed by atoms with Gasteiger partial charge < -0.3 is 5.32 Å². The van der Waals surface area contributed by atoms with Crippen molar-refractivity contribution >= 4 is 23.4 Å². The summed E-state index contributed by atoms with van der Waals surface area (Å²) in [4.78, 5) is 12.4. The minimum atomic E-state index is -0.0791. The average Bonchev–Trinajstić information content (AvgIpc) is 2.55. The molecule has 3 heteroatoms. The van der Waals surface area contributed by atoms with Crippen molar-refractivity contribution in [3.8, 4) is 0 Å². The van der Waals surface area contributed by atoms with E-state index >= 15 is 0 Å². The Morgan fingerprint density at radius 1 is 1.14 bits per heavy atom. The average molecular weight is 313 g/mol. The standard InChI is InChI=1S/C19H23NOS/c1-4-17-12-8-9-14(2)18(17)20-19(21)15(3)22-13-16-10-6-5-7-11-16/h5-12,15H,4,13H2,1-3H3,(H,20,21)/t15-/m0/s1. The minimum absolute atomic E-state index is 0.0740. The summed E-state index contributed by atoms with van der Waals surface area (Å²) in [6.45, 7) is 6.11. The number of thioether (sulfide) groups is 1. The second-order valence-electron chi connectivity index (χ2n) is 5.39. The molecule has 22 heavy (non-hydrogen) atoms. The van der Waals surface area contributed by atoms with Gasteiger partial charge in [0.2, 0.25) is 5.91 Å². The van der Waals surface area contributed by atoms with Crippen LogP contribution in [0.3, 0.4) is 0 Å². The Balaban J connectivity index is 1.97. The Morgan fingerprint density at radius 3 is 2.55 bits per heavy atom. The van der Waals surface area contributed by atoms with Gasteiger partial charge in [0.05, 0.1) is 5.25 Å². The van der Waals surface area contributed by atoms with Crippen molar-refractivity contribution in [2.45, 2.75) is 38.2 Å². The number of para-hydroxylation sites is 1. The molecule has 0 bridgehead atoms. The Morgan fingerprint density at radius 2 is 1.86 bits per heavy atom. The number of amides is 1. The molecular weight excluding hydrogens is 290 g/mol. The van der Waals surface area contributed by atoms with Gasteiger partial charge in [0.15, 0.2) is 0 Å². The van der Waals surface area contributed by atoms with E-state index in [0.717, 1.165) is 23.4 Å². The molecule has 1 atom stereocenters. The number of carbonyl (C=O) groups is 1. The molecule has 0 radical (unpaired) electrons. The Labute approximate surface area is 137 Å². The zero-order valence-electron chi connectivity index (χ0n) is 13.4. The summed E-state index contributed by atoms with van der Waals surface area (Å²) in [6.07, 6.45) is 0.919. The first-order valence-electron chi connectivity index (χ1n) is 7.66. The fourth-order valence-electron chi connectivity index (χ4n) is 2.30. The summed E-state index contributed by atoms with van der Waals surface area (Å²) in [5.74, 6) is 0.925. The van der Waals surface area contributed by atoms with Crippen molar-refractivity contribution in [1.29, 1.82) is 0 Å². The first-order chi connectivity index (χ1) is 10.6. The van der Waals surface area contributed by atoms with Crippen LogP contribution in [0.15, 0.2) is 48.5 Å². The predicted molar refractivity (Wildman–Crippen MR) is 96.4 cm³/mol. The molecule has 0 aliphatic carbocycles. The molecular formula is C19H23NOS. The van der Waals surface area contributed by atoms with Gasteiger partial charge in [-0.2, -0.15) is 0 Å². The van der Waals surface area contributed by atoms with Crippen LogP contribution in [-0.4, -0.2) is 11.2 Å². The second kappa shape index (κ2) is 8.04. The molecule has 1 amide bonds. The zero-order chi connectivity index (χ0) is 15.9. The Kier molecular flexibility index (Phi) is 6.08. The van der Waals surface area contributed by atoms with E-state index < -0.39 is 0 Å². The molecule has 1 N–H and O–H groups in total. The van der Waals surface area contributed by atoms with Crippen molar-refractivity contribution in [1.82, 2.24) is 0 Å². The largest absolute Gasteiger partial charge is 0.325 e. The van der Waals surface area contributed by atoms with E-state index in [1.807, 2.05) is 44.2 Å². The van der Waals surface area contributed by atoms with Crippen LogP contribution < -0.4 is 5.32 Å². The molecule has 2 aromatic carbocycles. The molecule has 0 fully saturated rings. The third kappa shape index (κ3) is 4.38. The number of nitrogens with one attached hydrogen (secondary N) is 1. The lowest BCUT2D eigenvalue weighted by atomic mass is 10.1. The fraction of sp³-hybridized carbons (Fsp3) is 0.316. The quantitative estimate of drug-likeness (QED) is 0.828. The predicted octanol–water partition coefficient (Wildman–Crippen LogP) is 4.82. The number of benzene rings is 2. The smallest absolute Gasteiger partial charge is 0.237 e. The summed E-state index contributed by atoms with van der Waals surface area (Å²) in [5, 5.41) is 3.03. The van der Waals surface area contributed by atoms with E-state index in [2.05, 4.69) is 30.4 Å². The van der Waals surface area contributed by atoms with Crippen LogP contribution in [0.25, 0.3) is 0 Å². The molecule has 0 saturated heterocycles. The molecule has 2 aromatic rings. The first-order valence-corrected chi connectivity index (χ1v) is 8.71. The van der Waals surface area contributed by atoms with Gasteiger partial charge in [0.25, 0.3) is 0 Å². The SMILES string of the molecule is CCc1cccc(C)c1NC(=O)[C@H](C)SCc1ccccc1. The fourth-order valence-corrected chi connectivity index (χ4v) is 3.14. The van der Waals surface area contributed by atoms with Crippen molar-refractivity contribution in [3.63, 3.8) is 0 Å². The van der Waals surface area contributed by atoms with Crippen LogP contribution in [-0.2, 0) is 17.0 Å². The monoisotopic (exact) mass is 313 g/mol. The van der Waals surface area contributed by atoms with Crippen LogP contribution in [0.2, 0.25) is 0 Å². The third-order valence-corrected chi connectivity index (χ3v) is 4.91. The lowest BCUT2D eigenvalue weighted by Gasteiger charge is -2.16. The van der Waals surface area contributed by atoms with Crippen LogP contribution in [0.4, 0.5) is 5.69 Å². The molecule has 0 aliphatic heterocycles. The van der Waals surface area contributed by atoms with E-state index in [1.165, 1.54) is 11.1 Å². The molecule has 0 spiro atoms. The second-order valence-corrected chi connectivity index (χ2v) is 6.72. The van der Waals surface area contributed by atoms with Crippen LogP contribution >= 0.6 is 11.8 Å². The van der Waals surface area contributed by atoms with Crippen molar-refractivity contribution < 1.29 is 4.79 Å². The van der Waals surface area contributed by atoms with Gasteiger partial charge >= 0.3 is 0 Å². The van der Waals surface area contributed by atoms with E-state index in [9.17, 15) is 4.79 Å². The lowest BCUT2D eigenvalue weighted by molar-refractivity contribution is -0.115. The molecule has 0 aromatic heterocycles. The molecule has 2 rings (SSSR count). The lowest BCUT2D eigenvalue weighted by Crippen LogP contribution is -2.23. The highest BCUT2D eigenvalue weighted by atomic mass is 32.2. The number of carbonyl (C=O) groups excluding carboxylic acids is 1. The maximum Gasteiger partial charge on any atom is 0.237 e. The zero-order valence-corrected chi connectivity index (χ0v) is 14.2. The highest BCUT2D eigenvalue weighted by molar-refractivity contribution is 7.99. The van der Waals surface area contributed by atoms with Gasteiger partial charge in [-0.1, -0.05) is 55.5 Å². The van der Waals surface area contributed by atoms with Crippen molar-refractivity contribution in [2.24, 2.45) is 0 Å². The van der Waals surface area contributed by atoms with Gasteiger partial charge in [0.1, 0.15) is 0 Å². The molecule has 2 nitrogen and oxygen atoms in total. The summed E-state index contributed by atoms with van der Waals surface area (Å²) < 4.78 is 0. The van der Waals surface area contributed by atoms with E-state index in [0.29, 0.717) is 0 Å². The Bertz CT molecular complexity index is 625. The van der Waals surface area contributed by atoms with Gasteiger partial charge in [-0.25, -0.2) is 0 Å². The number of hydrogen-bond acceptors (Lipinski definition) is 2. The van der Waals surface area contributed by atoms with Gasteiger partial charge in [-0.15, -0.1) is 11.8 Å². The minimum Gasteiger partial charge on any atom is -0.325 e. The Hall–Kier alpha value is -1.74. The van der Waals surface area contributed by atoms with Crippen LogP contribution in [0, 0.1) is 6.92 Å². The highest BCUT2D eigenvalue weighted by Crippen LogP contribution is 2.24. The number of aryl methyl sites for hydroxylation is 2. The molecule has 116 valence electrons. The van der Waals surface area contributed by atoms with E-state index in [-0.39, 0.29) is 11.2 Å². The summed E-state index contributed by atoms with van der Waals surface area (Å²) in [5.41, 5.74) is 4.53. The molecule has 0 unspecified atom stereocenters. The summed E-state index contributed by atoms with van der Waals surface area (Å²) in [6, 6.07) is 16.4. The summed E-state index contributed by atoms with van der Waals surface area (Å²) >= 11 is 1.66. The topological polar surface area (TPSA) is 29.1 Å². The van der Waals surface area contributed by atoms with Gasteiger partial charge in [-0.3, -0.25) is 4.79 Å². The number of rotatable bonds is 6. The third-order valence-electron chi connectivity index (χ3n) is 3.70. The first kappa shape index (κ1) is 16.6. The van der Waals surface area contributed by atoms with Crippen molar-refractivity contribution in [3.05, 3.63) is 65.2 Å². The maximum absolute atomic E-state index is 12.4. The number of anilines is 1. The van der Waals surface area contributed by atoms with E-state index in [4.69, 9.17) is 0 Å². The van der Waals surface area contributed by atoms with Crippen molar-refractivity contribution in [2.75, 3.05) is 5.32 Å². The van der Waals surface area contributed by atoms with Gasteiger partial charge in [-0.05, 0) is 37.0 Å². The maximum atomic E-state index is 12.4. The van der Waals surface area contributed by atoms with E-state index in [1.54, 1.807) is 11.8 Å². The normalized spacial score (nSPS) is 12.0. The van der Waals surface area contributed by atoms with Crippen LogP contribution in [0.1, 0.15) is 30.5 Å². The van der Waals surface area contributed by atoms with Gasteiger partial charge in [0, 0.05) is 11.4 Å². The summed E-state index contributed by atoms with van der Waals surface area (Å²) in [7, 11) is 0. The molecule has 0 heterocycles. The van der Waals surface area contributed by atoms with Crippen LogP contribution in [0.5, 0.6) is 0 Å². The molecule has 0 saturated carbocycles.